The van der Waals surface area contributed by atoms with Gasteiger partial charge in [0.25, 0.3) is 0 Å². The Morgan fingerprint density at radius 1 is 1.10 bits per heavy atom. The summed E-state index contributed by atoms with van der Waals surface area (Å²) in [5.41, 5.74) is 5.38. The molecule has 0 aliphatic rings. The first-order valence-electron chi connectivity index (χ1n) is 7.56. The minimum Gasteiger partial charge on any atom is -0.380 e. The molecular weight excluding hydrogens is 258 g/mol. The van der Waals surface area contributed by atoms with Crippen LogP contribution in [-0.4, -0.2) is 69.5 Å². The molecule has 0 fully saturated rings. The molecule has 0 bridgehead atoms. The summed E-state index contributed by atoms with van der Waals surface area (Å²) in [7, 11) is 0. The largest absolute Gasteiger partial charge is 0.380 e. The van der Waals surface area contributed by atoms with E-state index in [1.54, 1.807) is 0 Å². The van der Waals surface area contributed by atoms with Crippen molar-refractivity contribution >= 4 is 5.91 Å². The van der Waals surface area contributed by atoms with Crippen molar-refractivity contribution in [3.8, 4) is 0 Å². The van der Waals surface area contributed by atoms with Crippen molar-refractivity contribution in [3.63, 3.8) is 0 Å². The maximum atomic E-state index is 11.3. The number of rotatable bonds is 14. The predicted molar refractivity (Wildman–Crippen MR) is 80.7 cm³/mol. The Bertz CT molecular complexity index is 230. The molecule has 0 aromatic heterocycles. The van der Waals surface area contributed by atoms with E-state index in [9.17, 15) is 4.79 Å². The number of hydrogen-bond acceptors (Lipinski definition) is 5. The number of hydrogen-bond donors (Lipinski definition) is 2. The topological polar surface area (TPSA) is 76.8 Å². The van der Waals surface area contributed by atoms with Gasteiger partial charge in [-0.3, -0.25) is 9.69 Å². The molecule has 0 aliphatic carbocycles. The van der Waals surface area contributed by atoms with Crippen LogP contribution in [0, 0.1) is 0 Å². The lowest BCUT2D eigenvalue weighted by Crippen LogP contribution is -2.44. The number of carbonyl (C=O) groups is 1. The smallest absolute Gasteiger partial charge is 0.234 e. The standard InChI is InChI=1S/C14H31N3O3/c1-4-16-13(14(15)18)7-8-17(9-11-19-5-2)10-12-20-6-3/h13,16H,4-12H2,1-3H3,(H2,15,18). The van der Waals surface area contributed by atoms with Gasteiger partial charge < -0.3 is 20.5 Å². The van der Waals surface area contributed by atoms with Crippen LogP contribution in [0.25, 0.3) is 0 Å². The molecule has 1 atom stereocenters. The molecule has 3 N–H and O–H groups in total. The summed E-state index contributed by atoms with van der Waals surface area (Å²) in [5, 5.41) is 3.11. The van der Waals surface area contributed by atoms with Crippen LogP contribution in [0.4, 0.5) is 0 Å². The maximum Gasteiger partial charge on any atom is 0.234 e. The molecule has 6 nitrogen and oxygen atoms in total. The van der Waals surface area contributed by atoms with E-state index in [0.717, 1.165) is 39.4 Å². The maximum absolute atomic E-state index is 11.3. The van der Waals surface area contributed by atoms with Crippen LogP contribution < -0.4 is 11.1 Å². The monoisotopic (exact) mass is 289 g/mol. The molecule has 0 radical (unpaired) electrons. The summed E-state index contributed by atoms with van der Waals surface area (Å²) in [6.45, 7) is 12.0. The summed E-state index contributed by atoms with van der Waals surface area (Å²) in [6.07, 6.45) is 0.710. The molecule has 0 spiro atoms. The molecule has 0 aromatic rings. The summed E-state index contributed by atoms with van der Waals surface area (Å²) in [6, 6.07) is -0.262. The van der Waals surface area contributed by atoms with E-state index < -0.39 is 0 Å². The van der Waals surface area contributed by atoms with Gasteiger partial charge in [-0.2, -0.15) is 0 Å². The average molecular weight is 289 g/mol. The zero-order chi connectivity index (χ0) is 15.2. The second-order valence-corrected chi connectivity index (χ2v) is 4.54. The normalized spacial score (nSPS) is 12.8. The van der Waals surface area contributed by atoms with E-state index in [1.807, 2.05) is 20.8 Å². The Morgan fingerprint density at radius 2 is 1.65 bits per heavy atom. The quantitative estimate of drug-likeness (QED) is 0.447. The highest BCUT2D eigenvalue weighted by molar-refractivity contribution is 5.79. The summed E-state index contributed by atoms with van der Waals surface area (Å²) in [5.74, 6) is -0.290. The van der Waals surface area contributed by atoms with Crippen molar-refractivity contribution in [2.75, 3.05) is 52.6 Å². The Hall–Kier alpha value is -0.690. The fourth-order valence-corrected chi connectivity index (χ4v) is 1.91. The molecule has 0 rings (SSSR count). The number of likely N-dealkylation sites (N-methyl/N-ethyl adjacent to an activating group) is 1. The van der Waals surface area contributed by atoms with Gasteiger partial charge in [-0.15, -0.1) is 0 Å². The third kappa shape index (κ3) is 10.1. The molecule has 0 saturated carbocycles. The van der Waals surface area contributed by atoms with Crippen LogP contribution in [0.15, 0.2) is 0 Å². The molecule has 6 heteroatoms. The van der Waals surface area contributed by atoms with Crippen molar-refractivity contribution in [3.05, 3.63) is 0 Å². The summed E-state index contributed by atoms with van der Waals surface area (Å²) in [4.78, 5) is 13.6. The number of nitrogens with one attached hydrogen (secondary N) is 1. The number of nitrogens with zero attached hydrogens (tertiary/aromatic N) is 1. The molecule has 0 aromatic carbocycles. The van der Waals surface area contributed by atoms with Gasteiger partial charge in [0.2, 0.25) is 5.91 Å². The van der Waals surface area contributed by atoms with Gasteiger partial charge in [0, 0.05) is 32.8 Å². The number of ether oxygens (including phenoxy) is 2. The van der Waals surface area contributed by atoms with Crippen LogP contribution in [0.3, 0.4) is 0 Å². The van der Waals surface area contributed by atoms with Crippen LogP contribution in [0.2, 0.25) is 0 Å². The first-order valence-corrected chi connectivity index (χ1v) is 7.56. The van der Waals surface area contributed by atoms with Crippen molar-refractivity contribution in [2.24, 2.45) is 5.73 Å². The second-order valence-electron chi connectivity index (χ2n) is 4.54. The second kappa shape index (κ2) is 13.3. The molecule has 0 saturated heterocycles. The molecule has 1 unspecified atom stereocenters. The van der Waals surface area contributed by atoms with E-state index >= 15 is 0 Å². The third-order valence-corrected chi connectivity index (χ3v) is 3.04. The Morgan fingerprint density at radius 3 is 2.05 bits per heavy atom. The van der Waals surface area contributed by atoms with Crippen LogP contribution >= 0.6 is 0 Å². The minimum absolute atomic E-state index is 0.262. The molecule has 0 heterocycles. The SMILES string of the molecule is CCNC(CCN(CCOCC)CCOCC)C(N)=O. The molecule has 0 aliphatic heterocycles. The van der Waals surface area contributed by atoms with Crippen molar-refractivity contribution < 1.29 is 14.3 Å². The van der Waals surface area contributed by atoms with Crippen molar-refractivity contribution in [2.45, 2.75) is 33.2 Å². The summed E-state index contributed by atoms with van der Waals surface area (Å²) < 4.78 is 10.8. The highest BCUT2D eigenvalue weighted by Gasteiger charge is 2.15. The van der Waals surface area contributed by atoms with Crippen LogP contribution in [0.1, 0.15) is 27.2 Å². The fraction of sp³-hybridized carbons (Fsp3) is 0.929. The Kier molecular flexibility index (Phi) is 12.8. The highest BCUT2D eigenvalue weighted by Crippen LogP contribution is 1.98. The van der Waals surface area contributed by atoms with E-state index in [-0.39, 0.29) is 11.9 Å². The first kappa shape index (κ1) is 19.3. The summed E-state index contributed by atoms with van der Waals surface area (Å²) >= 11 is 0. The van der Waals surface area contributed by atoms with Gasteiger partial charge in [-0.1, -0.05) is 6.92 Å². The van der Waals surface area contributed by atoms with E-state index in [4.69, 9.17) is 15.2 Å². The number of amides is 1. The first-order chi connectivity index (χ1) is 9.65. The molecule has 120 valence electrons. The van der Waals surface area contributed by atoms with Gasteiger partial charge in [-0.05, 0) is 26.8 Å². The van der Waals surface area contributed by atoms with E-state index in [2.05, 4.69) is 10.2 Å². The fourth-order valence-electron chi connectivity index (χ4n) is 1.91. The average Bonchev–Trinajstić information content (AvgIpc) is 2.42. The number of carbonyl (C=O) groups excluding carboxylic acids is 1. The van der Waals surface area contributed by atoms with E-state index in [1.165, 1.54) is 0 Å². The lowest BCUT2D eigenvalue weighted by Gasteiger charge is -2.24. The lowest BCUT2D eigenvalue weighted by atomic mass is 10.2. The highest BCUT2D eigenvalue weighted by atomic mass is 16.5. The van der Waals surface area contributed by atoms with E-state index in [0.29, 0.717) is 19.6 Å². The van der Waals surface area contributed by atoms with Crippen LogP contribution in [-0.2, 0) is 14.3 Å². The molecule has 20 heavy (non-hydrogen) atoms. The van der Waals surface area contributed by atoms with Gasteiger partial charge in [-0.25, -0.2) is 0 Å². The Labute approximate surface area is 123 Å². The molecule has 1 amide bonds. The lowest BCUT2D eigenvalue weighted by molar-refractivity contribution is -0.120. The third-order valence-electron chi connectivity index (χ3n) is 3.04. The Balaban J connectivity index is 4.12. The van der Waals surface area contributed by atoms with Crippen molar-refractivity contribution in [1.82, 2.24) is 10.2 Å². The van der Waals surface area contributed by atoms with Crippen molar-refractivity contribution in [1.29, 1.82) is 0 Å². The van der Waals surface area contributed by atoms with Crippen LogP contribution in [0.5, 0.6) is 0 Å². The van der Waals surface area contributed by atoms with Gasteiger partial charge in [0.05, 0.1) is 19.3 Å². The zero-order valence-corrected chi connectivity index (χ0v) is 13.2. The molecular formula is C14H31N3O3. The zero-order valence-electron chi connectivity index (χ0n) is 13.2. The van der Waals surface area contributed by atoms with Gasteiger partial charge >= 0.3 is 0 Å². The van der Waals surface area contributed by atoms with Gasteiger partial charge in [0.15, 0.2) is 0 Å². The van der Waals surface area contributed by atoms with Gasteiger partial charge in [0.1, 0.15) is 0 Å². The number of primary amides is 1. The number of nitrogens with two attached hydrogens (primary N) is 1. The minimum atomic E-state index is -0.290. The predicted octanol–water partition coefficient (Wildman–Crippen LogP) is 0.215.